The van der Waals surface area contributed by atoms with E-state index < -0.39 is 0 Å². The first kappa shape index (κ1) is 38.9. The highest BCUT2D eigenvalue weighted by molar-refractivity contribution is 6.10. The van der Waals surface area contributed by atoms with E-state index in [4.69, 9.17) is 0 Å². The Morgan fingerprint density at radius 2 is 0.788 bits per heavy atom. The molecule has 11 aromatic carbocycles. The molecule has 1 heterocycles. The van der Waals surface area contributed by atoms with E-state index in [-0.39, 0.29) is 0 Å². The van der Waals surface area contributed by atoms with Gasteiger partial charge < -0.3 is 9.47 Å². The summed E-state index contributed by atoms with van der Waals surface area (Å²) in [5.74, 6) is 0. The molecule has 0 aliphatic heterocycles. The fourth-order valence-electron chi connectivity index (χ4n) is 9.96. The average molecular weight is 841 g/mol. The number of hydrogen-bond donors (Lipinski definition) is 0. The SMILES string of the molecule is c1ccc(-c2ccccc2-c2ccccc2-c2ccccc2N(c2ccc(-c3ccc4c(c3)c3ccccc3n4-c3ccccc3)cc2)c2cccc(-c3cccc4ccccc34)c2)cc1. The summed E-state index contributed by atoms with van der Waals surface area (Å²) >= 11 is 0. The summed E-state index contributed by atoms with van der Waals surface area (Å²) in [6.45, 7) is 0. The fourth-order valence-corrected chi connectivity index (χ4v) is 9.96. The number of para-hydroxylation sites is 3. The second-order valence-electron chi connectivity index (χ2n) is 16.9. The van der Waals surface area contributed by atoms with Gasteiger partial charge in [-0.3, -0.25) is 0 Å². The van der Waals surface area contributed by atoms with Crippen LogP contribution >= 0.6 is 0 Å². The van der Waals surface area contributed by atoms with Gasteiger partial charge in [-0.1, -0.05) is 206 Å². The average Bonchev–Trinajstić information content (AvgIpc) is 3.73. The van der Waals surface area contributed by atoms with Gasteiger partial charge in [-0.25, -0.2) is 0 Å². The van der Waals surface area contributed by atoms with E-state index in [9.17, 15) is 0 Å². The number of nitrogens with zero attached hydrogens (tertiary/aromatic N) is 2. The van der Waals surface area contributed by atoms with Crippen LogP contribution in [0.5, 0.6) is 0 Å². The first-order valence-electron chi connectivity index (χ1n) is 22.7. The van der Waals surface area contributed by atoms with Crippen LogP contribution in [0, 0.1) is 0 Å². The normalized spacial score (nSPS) is 11.3. The maximum absolute atomic E-state index is 2.43. The van der Waals surface area contributed by atoms with Crippen LogP contribution in [0.1, 0.15) is 0 Å². The third-order valence-electron chi connectivity index (χ3n) is 13.0. The van der Waals surface area contributed by atoms with Gasteiger partial charge in [0.15, 0.2) is 0 Å². The van der Waals surface area contributed by atoms with Gasteiger partial charge in [-0.05, 0) is 122 Å². The van der Waals surface area contributed by atoms with Gasteiger partial charge >= 0.3 is 0 Å². The zero-order valence-corrected chi connectivity index (χ0v) is 36.3. The Labute approximate surface area is 385 Å². The third-order valence-corrected chi connectivity index (χ3v) is 13.0. The predicted molar refractivity (Wildman–Crippen MR) is 280 cm³/mol. The molecule has 0 radical (unpaired) electrons. The minimum atomic E-state index is 1.07. The molecular formula is C64H44N2. The first-order chi connectivity index (χ1) is 32.8. The van der Waals surface area contributed by atoms with Crippen molar-refractivity contribution in [1.29, 1.82) is 0 Å². The Hall–Kier alpha value is -8.72. The van der Waals surface area contributed by atoms with Crippen LogP contribution in [0.15, 0.2) is 267 Å². The zero-order chi connectivity index (χ0) is 43.8. The van der Waals surface area contributed by atoms with Crippen molar-refractivity contribution in [1.82, 2.24) is 4.57 Å². The molecule has 2 heteroatoms. The van der Waals surface area contributed by atoms with Crippen molar-refractivity contribution in [2.24, 2.45) is 0 Å². The van der Waals surface area contributed by atoms with Gasteiger partial charge in [-0.15, -0.1) is 0 Å². The van der Waals surface area contributed by atoms with Crippen molar-refractivity contribution < 1.29 is 0 Å². The summed E-state index contributed by atoms with van der Waals surface area (Å²) in [6, 6.07) is 96.9. The molecule has 0 aliphatic carbocycles. The maximum Gasteiger partial charge on any atom is 0.0541 e. The molecule has 0 saturated carbocycles. The van der Waals surface area contributed by atoms with Crippen molar-refractivity contribution >= 4 is 49.6 Å². The van der Waals surface area contributed by atoms with Gasteiger partial charge in [0, 0.05) is 33.4 Å². The minimum Gasteiger partial charge on any atom is -0.310 e. The molecular weight excluding hydrogens is 797 g/mol. The lowest BCUT2D eigenvalue weighted by Gasteiger charge is -2.29. The third kappa shape index (κ3) is 6.93. The molecule has 0 aliphatic rings. The highest BCUT2D eigenvalue weighted by Gasteiger charge is 2.21. The summed E-state index contributed by atoms with van der Waals surface area (Å²) in [5.41, 5.74) is 18.7. The molecule has 12 rings (SSSR count). The van der Waals surface area contributed by atoms with E-state index in [1.165, 1.54) is 77.1 Å². The quantitative estimate of drug-likeness (QED) is 0.141. The molecule has 310 valence electrons. The summed E-state index contributed by atoms with van der Waals surface area (Å²) in [4.78, 5) is 2.43. The highest BCUT2D eigenvalue weighted by atomic mass is 15.1. The fraction of sp³-hybridized carbons (Fsp3) is 0. The lowest BCUT2D eigenvalue weighted by atomic mass is 9.88. The van der Waals surface area contributed by atoms with Crippen LogP contribution in [0.3, 0.4) is 0 Å². The molecule has 1 aromatic heterocycles. The van der Waals surface area contributed by atoms with Crippen molar-refractivity contribution in [3.05, 3.63) is 267 Å². The highest BCUT2D eigenvalue weighted by Crippen LogP contribution is 2.46. The second-order valence-corrected chi connectivity index (χ2v) is 16.9. The summed E-state index contributed by atoms with van der Waals surface area (Å²) in [5, 5.41) is 4.96. The number of hydrogen-bond acceptors (Lipinski definition) is 1. The van der Waals surface area contributed by atoms with Crippen LogP contribution in [0.25, 0.3) is 93.9 Å². The monoisotopic (exact) mass is 840 g/mol. The minimum absolute atomic E-state index is 1.07. The van der Waals surface area contributed by atoms with Gasteiger partial charge in [0.25, 0.3) is 0 Å². The summed E-state index contributed by atoms with van der Waals surface area (Å²) < 4.78 is 2.37. The zero-order valence-electron chi connectivity index (χ0n) is 36.3. The summed E-state index contributed by atoms with van der Waals surface area (Å²) in [7, 11) is 0. The lowest BCUT2D eigenvalue weighted by Crippen LogP contribution is -2.11. The molecule has 2 nitrogen and oxygen atoms in total. The number of aromatic nitrogens is 1. The number of fused-ring (bicyclic) bond motifs is 4. The van der Waals surface area contributed by atoms with E-state index in [1.54, 1.807) is 0 Å². The van der Waals surface area contributed by atoms with Crippen LogP contribution in [0.2, 0.25) is 0 Å². The maximum atomic E-state index is 2.43. The molecule has 0 atom stereocenters. The molecule has 0 N–H and O–H groups in total. The molecule has 0 spiro atoms. The molecule has 12 aromatic rings. The Balaban J connectivity index is 1.01. The molecule has 0 fully saturated rings. The predicted octanol–water partition coefficient (Wildman–Crippen LogP) is 17.7. The number of rotatable bonds is 9. The van der Waals surface area contributed by atoms with Gasteiger partial charge in [-0.2, -0.15) is 0 Å². The molecule has 0 amide bonds. The molecule has 66 heavy (non-hydrogen) atoms. The Morgan fingerprint density at radius 1 is 0.258 bits per heavy atom. The van der Waals surface area contributed by atoms with Crippen molar-refractivity contribution in [2.45, 2.75) is 0 Å². The van der Waals surface area contributed by atoms with Crippen LogP contribution in [-0.4, -0.2) is 4.57 Å². The molecule has 0 bridgehead atoms. The Kier molecular flexibility index (Phi) is 9.89. The first-order valence-corrected chi connectivity index (χ1v) is 22.7. The van der Waals surface area contributed by atoms with Crippen molar-refractivity contribution in [2.75, 3.05) is 4.90 Å². The molecule has 0 saturated heterocycles. The van der Waals surface area contributed by atoms with Crippen molar-refractivity contribution in [3.8, 4) is 61.3 Å². The number of anilines is 3. The van der Waals surface area contributed by atoms with E-state index >= 15 is 0 Å². The van der Waals surface area contributed by atoms with Crippen LogP contribution < -0.4 is 4.90 Å². The van der Waals surface area contributed by atoms with E-state index in [0.29, 0.717) is 0 Å². The standard InChI is InChI=1S/C64H44N2/c1-3-19-46(20-4-1)54-28-9-10-29-56(54)57-30-11-12-31-58(57)59-32-13-15-35-62(59)65(52-26-17-23-49(43-52)55-34-18-22-47-21-7-8-27-53(47)55)51-40-37-45(38-41-51)48-39-42-64-61(44-48)60-33-14-16-36-63(60)66(64)50-24-5-2-6-25-50/h1-44H. The van der Waals surface area contributed by atoms with Gasteiger partial charge in [0.05, 0.1) is 16.7 Å². The van der Waals surface area contributed by atoms with Gasteiger partial charge in [0.2, 0.25) is 0 Å². The van der Waals surface area contributed by atoms with E-state index in [1.807, 2.05) is 0 Å². The largest absolute Gasteiger partial charge is 0.310 e. The van der Waals surface area contributed by atoms with Crippen LogP contribution in [0.4, 0.5) is 17.1 Å². The Morgan fingerprint density at radius 3 is 1.58 bits per heavy atom. The number of benzene rings is 11. The topological polar surface area (TPSA) is 8.17 Å². The van der Waals surface area contributed by atoms with Crippen molar-refractivity contribution in [3.63, 3.8) is 0 Å². The second kappa shape index (κ2) is 16.8. The molecule has 0 unspecified atom stereocenters. The lowest BCUT2D eigenvalue weighted by molar-refractivity contribution is 1.18. The summed E-state index contributed by atoms with van der Waals surface area (Å²) in [6.07, 6.45) is 0. The van der Waals surface area contributed by atoms with Crippen LogP contribution in [-0.2, 0) is 0 Å². The van der Waals surface area contributed by atoms with E-state index in [0.717, 1.165) is 33.9 Å². The van der Waals surface area contributed by atoms with Gasteiger partial charge in [0.1, 0.15) is 0 Å². The Bertz CT molecular complexity index is 3690. The smallest absolute Gasteiger partial charge is 0.0541 e. The van der Waals surface area contributed by atoms with E-state index in [2.05, 4.69) is 276 Å².